The summed E-state index contributed by atoms with van der Waals surface area (Å²) in [6, 6.07) is 6.20. The van der Waals surface area contributed by atoms with E-state index in [0.29, 0.717) is 0 Å². The smallest absolute Gasteiger partial charge is 0.262 e. The van der Waals surface area contributed by atoms with Crippen LogP contribution < -0.4 is 5.73 Å². The van der Waals surface area contributed by atoms with Crippen LogP contribution in [0.5, 0.6) is 0 Å². The van der Waals surface area contributed by atoms with Crippen LogP contribution in [0, 0.1) is 5.41 Å². The number of hydrogen-bond acceptors (Lipinski definition) is 5. The van der Waals surface area contributed by atoms with E-state index in [1.807, 2.05) is 0 Å². The molecule has 0 saturated carbocycles. The van der Waals surface area contributed by atoms with Crippen molar-refractivity contribution in [2.45, 2.75) is 32.2 Å². The molecule has 2 aromatic rings. The van der Waals surface area contributed by atoms with Gasteiger partial charge in [0.05, 0.1) is 0 Å². The zero-order chi connectivity index (χ0) is 17.8. The van der Waals surface area contributed by atoms with Gasteiger partial charge in [-0.15, -0.1) is 0 Å². The number of nitrogens with two attached hydrogens (primary N) is 1. The summed E-state index contributed by atoms with van der Waals surface area (Å²) in [4.78, 5) is 27.6. The summed E-state index contributed by atoms with van der Waals surface area (Å²) in [5, 5.41) is 0. The van der Waals surface area contributed by atoms with Gasteiger partial charge in [0, 0.05) is 30.4 Å². The van der Waals surface area contributed by atoms with E-state index in [1.165, 1.54) is 11.2 Å². The highest BCUT2D eigenvalue weighted by Crippen LogP contribution is 2.54. The van der Waals surface area contributed by atoms with Gasteiger partial charge >= 0.3 is 0 Å². The maximum Gasteiger partial charge on any atom is 0.262 e. The fourth-order valence-corrected chi connectivity index (χ4v) is 4.01. The third-order valence-electron chi connectivity index (χ3n) is 5.63. The van der Waals surface area contributed by atoms with E-state index in [0.717, 1.165) is 35.1 Å². The number of aliphatic imine (C=N–C) groups is 1. The van der Waals surface area contributed by atoms with Gasteiger partial charge in [0.2, 0.25) is 0 Å². The number of fused-ring (bicyclic) bond motifs is 2. The maximum absolute atomic E-state index is 13.2. The average Bonchev–Trinajstić information content (AvgIpc) is 2.85. The number of likely N-dealkylation sites (N-methyl/N-ethyl adjacent to an activating group) is 1. The van der Waals surface area contributed by atoms with Crippen molar-refractivity contribution in [2.24, 2.45) is 16.1 Å². The number of carbonyl (C=O) groups is 1. The number of aromatic nitrogens is 2. The van der Waals surface area contributed by atoms with Crippen molar-refractivity contribution >= 4 is 11.9 Å². The standard InChI is InChI=1S/C19H21N5O/c1-18(2)7-6-12-4-5-13(14-9-21-11-22-10-14)8-15(12)19(18)16(25)24(3)17(20)23-19/h4-5,8-11H,6-7H2,1-3H3,(H2,20,23). The van der Waals surface area contributed by atoms with E-state index in [1.54, 1.807) is 19.4 Å². The Balaban J connectivity index is 1.97. The molecule has 1 aliphatic carbocycles. The summed E-state index contributed by atoms with van der Waals surface area (Å²) < 4.78 is 0. The molecule has 1 unspecified atom stereocenters. The number of hydrogen-bond donors (Lipinski definition) is 1. The Hall–Kier alpha value is -2.76. The quantitative estimate of drug-likeness (QED) is 0.865. The zero-order valence-corrected chi connectivity index (χ0v) is 14.7. The van der Waals surface area contributed by atoms with Crippen molar-refractivity contribution in [1.29, 1.82) is 0 Å². The molecule has 1 aliphatic heterocycles. The van der Waals surface area contributed by atoms with Gasteiger partial charge in [0.15, 0.2) is 11.5 Å². The summed E-state index contributed by atoms with van der Waals surface area (Å²) in [5.41, 5.74) is 8.74. The third-order valence-corrected chi connectivity index (χ3v) is 5.63. The van der Waals surface area contributed by atoms with E-state index in [-0.39, 0.29) is 17.3 Å². The SMILES string of the molecule is CN1C(=O)C2(N=C1N)c1cc(-c3cncnc3)ccc1CCC2(C)C. The van der Waals surface area contributed by atoms with Crippen molar-refractivity contribution in [3.8, 4) is 11.1 Å². The minimum Gasteiger partial charge on any atom is -0.369 e. The molecule has 1 aromatic heterocycles. The van der Waals surface area contributed by atoms with Gasteiger partial charge in [-0.3, -0.25) is 9.69 Å². The van der Waals surface area contributed by atoms with Crippen molar-refractivity contribution in [3.05, 3.63) is 48.0 Å². The highest BCUT2D eigenvalue weighted by molar-refractivity contribution is 6.07. The first-order valence-electron chi connectivity index (χ1n) is 8.39. The van der Waals surface area contributed by atoms with Crippen LogP contribution in [-0.2, 0) is 16.8 Å². The summed E-state index contributed by atoms with van der Waals surface area (Å²) in [5.74, 6) is 0.219. The molecule has 0 fully saturated rings. The Labute approximate surface area is 146 Å². The molecule has 0 bridgehead atoms. The van der Waals surface area contributed by atoms with Crippen molar-refractivity contribution in [1.82, 2.24) is 14.9 Å². The van der Waals surface area contributed by atoms with E-state index in [4.69, 9.17) is 10.7 Å². The van der Waals surface area contributed by atoms with Crippen LogP contribution in [0.1, 0.15) is 31.4 Å². The number of benzene rings is 1. The summed E-state index contributed by atoms with van der Waals surface area (Å²) in [6.45, 7) is 4.20. The Kier molecular flexibility index (Phi) is 3.22. The largest absolute Gasteiger partial charge is 0.369 e. The molecular weight excluding hydrogens is 314 g/mol. The van der Waals surface area contributed by atoms with Crippen LogP contribution in [0.2, 0.25) is 0 Å². The van der Waals surface area contributed by atoms with Crippen LogP contribution >= 0.6 is 0 Å². The lowest BCUT2D eigenvalue weighted by Gasteiger charge is -2.45. The highest BCUT2D eigenvalue weighted by atomic mass is 16.2. The number of carbonyl (C=O) groups excluding carboxylic acids is 1. The molecule has 0 saturated heterocycles. The van der Waals surface area contributed by atoms with Crippen molar-refractivity contribution < 1.29 is 4.79 Å². The highest BCUT2D eigenvalue weighted by Gasteiger charge is 2.59. The van der Waals surface area contributed by atoms with Crippen LogP contribution in [-0.4, -0.2) is 33.8 Å². The van der Waals surface area contributed by atoms with E-state index >= 15 is 0 Å². The summed E-state index contributed by atoms with van der Waals surface area (Å²) >= 11 is 0. The predicted octanol–water partition coefficient (Wildman–Crippen LogP) is 2.10. The molecule has 1 spiro atoms. The molecule has 25 heavy (non-hydrogen) atoms. The number of rotatable bonds is 1. The molecule has 1 amide bonds. The van der Waals surface area contributed by atoms with Crippen LogP contribution in [0.4, 0.5) is 0 Å². The first kappa shape index (κ1) is 15.7. The van der Waals surface area contributed by atoms with Crippen LogP contribution in [0.15, 0.2) is 41.9 Å². The normalized spacial score (nSPS) is 24.4. The van der Waals surface area contributed by atoms with E-state index in [2.05, 4.69) is 42.0 Å². The number of nitrogens with zero attached hydrogens (tertiary/aromatic N) is 4. The van der Waals surface area contributed by atoms with Crippen LogP contribution in [0.25, 0.3) is 11.1 Å². The minimum absolute atomic E-state index is 0.0580. The third kappa shape index (κ3) is 2.03. The fraction of sp³-hybridized carbons (Fsp3) is 0.368. The molecule has 1 aromatic carbocycles. The van der Waals surface area contributed by atoms with Gasteiger partial charge in [-0.2, -0.15) is 0 Å². The Morgan fingerprint density at radius 1 is 1.16 bits per heavy atom. The molecule has 2 aliphatic rings. The number of guanidine groups is 1. The first-order valence-corrected chi connectivity index (χ1v) is 8.39. The van der Waals surface area contributed by atoms with Gasteiger partial charge in [-0.25, -0.2) is 15.0 Å². The second-order valence-corrected chi connectivity index (χ2v) is 7.43. The minimum atomic E-state index is -0.967. The Morgan fingerprint density at radius 2 is 1.88 bits per heavy atom. The molecule has 2 N–H and O–H groups in total. The van der Waals surface area contributed by atoms with Crippen molar-refractivity contribution in [2.75, 3.05) is 7.05 Å². The summed E-state index contributed by atoms with van der Waals surface area (Å²) in [7, 11) is 1.69. The second kappa shape index (κ2) is 5.12. The number of aryl methyl sites for hydroxylation is 1. The first-order chi connectivity index (χ1) is 11.9. The molecule has 128 valence electrons. The van der Waals surface area contributed by atoms with Gasteiger partial charge < -0.3 is 5.73 Å². The molecule has 4 rings (SSSR count). The molecule has 6 heteroatoms. The lowest BCUT2D eigenvalue weighted by atomic mass is 9.60. The monoisotopic (exact) mass is 335 g/mol. The molecule has 1 atom stereocenters. The molecule has 6 nitrogen and oxygen atoms in total. The lowest BCUT2D eigenvalue weighted by Crippen LogP contribution is -2.51. The number of amides is 1. The van der Waals surface area contributed by atoms with Gasteiger partial charge in [0.25, 0.3) is 5.91 Å². The maximum atomic E-state index is 13.2. The zero-order valence-electron chi connectivity index (χ0n) is 14.7. The topological polar surface area (TPSA) is 84.5 Å². The second-order valence-electron chi connectivity index (χ2n) is 7.43. The van der Waals surface area contributed by atoms with E-state index < -0.39 is 5.54 Å². The van der Waals surface area contributed by atoms with Gasteiger partial charge in [-0.05, 0) is 35.6 Å². The predicted molar refractivity (Wildman–Crippen MR) is 95.6 cm³/mol. The average molecular weight is 335 g/mol. The lowest BCUT2D eigenvalue weighted by molar-refractivity contribution is -0.135. The van der Waals surface area contributed by atoms with Crippen LogP contribution in [0.3, 0.4) is 0 Å². The fourth-order valence-electron chi connectivity index (χ4n) is 4.01. The van der Waals surface area contributed by atoms with Gasteiger partial charge in [-0.1, -0.05) is 26.0 Å². The molecular formula is C19H21N5O. The van der Waals surface area contributed by atoms with Crippen molar-refractivity contribution in [3.63, 3.8) is 0 Å². The van der Waals surface area contributed by atoms with Gasteiger partial charge in [0.1, 0.15) is 6.33 Å². The Bertz CT molecular complexity index is 890. The Morgan fingerprint density at radius 3 is 2.52 bits per heavy atom. The summed E-state index contributed by atoms with van der Waals surface area (Å²) in [6.07, 6.45) is 6.85. The molecule has 2 heterocycles. The van der Waals surface area contributed by atoms with E-state index in [9.17, 15) is 4.79 Å². The molecule has 0 radical (unpaired) electrons.